The summed E-state index contributed by atoms with van der Waals surface area (Å²) in [7, 11) is -8.30. The van der Waals surface area contributed by atoms with Crippen molar-refractivity contribution in [3.05, 3.63) is 287 Å². The van der Waals surface area contributed by atoms with Crippen LogP contribution in [-0.4, -0.2) is 168 Å². The summed E-state index contributed by atoms with van der Waals surface area (Å²) in [6.45, 7) is 22.5. The second-order valence-corrected chi connectivity index (χ2v) is 45.2. The highest BCUT2D eigenvalue weighted by molar-refractivity contribution is 7.86. The van der Waals surface area contributed by atoms with Gasteiger partial charge >= 0.3 is 0 Å². The van der Waals surface area contributed by atoms with Crippen molar-refractivity contribution in [1.82, 2.24) is 0 Å². The van der Waals surface area contributed by atoms with E-state index in [4.69, 9.17) is 94.1 Å². The molecule has 116 heavy (non-hydrogen) atoms. The number of hydrogen-bond acceptors (Lipinski definition) is 21. The van der Waals surface area contributed by atoms with Gasteiger partial charge in [-0.2, -0.15) is 0 Å². The van der Waals surface area contributed by atoms with Crippen LogP contribution in [-0.2, 0) is 131 Å². The Bertz CT molecular complexity index is 4120. The second kappa shape index (κ2) is 36.9. The Morgan fingerprint density at radius 2 is 0.526 bits per heavy atom. The summed E-state index contributed by atoms with van der Waals surface area (Å²) in [5.74, 6) is 0. The van der Waals surface area contributed by atoms with Crippen LogP contribution in [0.25, 0.3) is 0 Å². The summed E-state index contributed by atoms with van der Waals surface area (Å²) in [4.78, 5) is 0. The molecule has 0 aromatic heterocycles. The molecule has 24 atom stereocenters. The van der Waals surface area contributed by atoms with E-state index >= 15 is 4.21 Å². The Morgan fingerprint density at radius 1 is 0.302 bits per heavy atom. The van der Waals surface area contributed by atoms with Gasteiger partial charge in [-0.1, -0.05) is 284 Å². The molecule has 0 spiro atoms. The van der Waals surface area contributed by atoms with Gasteiger partial charge in [0.15, 0.2) is 65.2 Å². The molecule has 4 unspecified atom stereocenters. The predicted octanol–water partition coefficient (Wildman–Crippen LogP) is 16.0. The van der Waals surface area contributed by atoms with Gasteiger partial charge in [-0.15, -0.1) is 0 Å². The van der Waals surface area contributed by atoms with Crippen molar-refractivity contribution in [3.8, 4) is 0 Å². The van der Waals surface area contributed by atoms with Gasteiger partial charge in [0.05, 0.1) is 63.7 Å². The Morgan fingerprint density at radius 3 is 0.767 bits per heavy atom. The second-order valence-electron chi connectivity index (χ2n) is 34.1. The van der Waals surface area contributed by atoms with Gasteiger partial charge in [0.2, 0.25) is 0 Å². The van der Waals surface area contributed by atoms with Crippen LogP contribution < -0.4 is 0 Å². The smallest absolute Gasteiger partial charge is 0.192 e. The summed E-state index contributed by atoms with van der Waals surface area (Å²) in [5, 5.41) is -0.719. The zero-order chi connectivity index (χ0) is 80.1. The lowest BCUT2D eigenvalue weighted by molar-refractivity contribution is -0.389. The Balaban J connectivity index is 0.850. The topological polar surface area (TPSA) is 202 Å². The van der Waals surface area contributed by atoms with Crippen LogP contribution in [0.2, 0.25) is 36.3 Å². The minimum Gasteiger partial charge on any atom is -0.406 e. The van der Waals surface area contributed by atoms with Crippen molar-refractivity contribution in [3.63, 3.8) is 0 Å². The van der Waals surface area contributed by atoms with Gasteiger partial charge in [-0.25, -0.2) is 0 Å². The van der Waals surface area contributed by atoms with Crippen LogP contribution in [0.4, 0.5) is 0 Å². The first kappa shape index (κ1) is 83.2. The monoisotopic (exact) mass is 1640 g/mol. The average Bonchev–Trinajstić information content (AvgIpc) is 0.739. The molecule has 8 fully saturated rings. The third kappa shape index (κ3) is 19.0. The number of fused-ring (bicyclic) bond motifs is 4. The third-order valence-corrected chi connectivity index (χ3v) is 34.7. The normalized spacial score (nSPS) is 33.3. The largest absolute Gasteiger partial charge is 0.406 e. The number of hydrogen-bond donors (Lipinski definition) is 0. The molecule has 24 heteroatoms. The van der Waals surface area contributed by atoms with E-state index in [0.717, 1.165) is 44.5 Å². The van der Waals surface area contributed by atoms with Crippen LogP contribution in [0.1, 0.15) is 111 Å². The first-order chi connectivity index (χ1) is 56.2. The van der Waals surface area contributed by atoms with Gasteiger partial charge in [-0.05, 0) is 58.5 Å². The van der Waals surface area contributed by atoms with Crippen molar-refractivity contribution >= 4 is 27.4 Å². The van der Waals surface area contributed by atoms with Crippen molar-refractivity contribution in [2.45, 2.75) is 251 Å². The molecule has 0 radical (unpaired) electrons. The minimum absolute atomic E-state index is 0.0185. The summed E-state index contributed by atoms with van der Waals surface area (Å²) < 4.78 is 165. The van der Waals surface area contributed by atoms with Gasteiger partial charge < -0.3 is 94.1 Å². The molecule has 618 valence electrons. The molecule has 0 amide bonds. The number of rotatable bonds is 26. The standard InChI is InChI=1S/C92H110O21SSi2/c1-91(2,3)115(7,8)112-79-75(94-51-59-35-19-11-20-36-59)71-67(55-98-83(106-71)63-43-27-15-28-44-63)102-87(79)110-81-77(96-53-61-39-23-13-24-40-61)73-69(57-100-85(108-73)65-47-31-17-32-48-65)104-89(81)114(93)90-82(78(97-54-62-41-25-14-26-42-62)74-70(105-90)58-101-86(109-74)66-49-33-18-34-50-66)111-88-80(113-116(9,10)92(4,5)6)76(95-52-60-37-21-12-22-38-60)72-68(103-88)56-99-84(107-72)64-45-29-16-30-46-64/h11-50,67-90H,51-58H2,1-10H3/t67-,68-,69-,70-,71-,72-,73-,74-,75+,76+,77+,78+,79+,80+,81+,82+,83?,84?,85?,86?,87+,88+,89-,90-,114?/m1/s1. The fourth-order valence-electron chi connectivity index (χ4n) is 15.7. The van der Waals surface area contributed by atoms with Crippen molar-refractivity contribution < 1.29 is 98.3 Å². The van der Waals surface area contributed by atoms with Crippen LogP contribution >= 0.6 is 0 Å². The quantitative estimate of drug-likeness (QED) is 0.0463. The van der Waals surface area contributed by atoms with E-state index in [1.165, 1.54) is 0 Å². The lowest BCUT2D eigenvalue weighted by atomic mass is 9.95. The van der Waals surface area contributed by atoms with Crippen molar-refractivity contribution in [2.75, 3.05) is 26.4 Å². The molecule has 0 N–H and O–H groups in total. The number of ether oxygens (including phenoxy) is 18. The highest BCUT2D eigenvalue weighted by atomic mass is 32.2. The molecule has 8 aliphatic heterocycles. The van der Waals surface area contributed by atoms with Gasteiger partial charge in [0, 0.05) is 22.3 Å². The van der Waals surface area contributed by atoms with E-state index < -0.39 is 174 Å². The Hall–Kier alpha value is -6.46. The molecule has 8 aromatic rings. The average molecular weight is 1640 g/mol. The summed E-state index contributed by atoms with van der Waals surface area (Å²) in [6.07, 6.45) is -21.8. The summed E-state index contributed by atoms with van der Waals surface area (Å²) in [6, 6.07) is 78.9. The van der Waals surface area contributed by atoms with Crippen LogP contribution in [0, 0.1) is 0 Å². The first-order valence-corrected chi connectivity index (χ1v) is 47.8. The molecule has 0 saturated carbocycles. The summed E-state index contributed by atoms with van der Waals surface area (Å²) in [5.41, 5.74) is 3.72. The molecular formula is C92H110O21SSi2. The van der Waals surface area contributed by atoms with Crippen molar-refractivity contribution in [1.29, 1.82) is 0 Å². The van der Waals surface area contributed by atoms with E-state index in [2.05, 4.69) is 67.7 Å². The zero-order valence-corrected chi connectivity index (χ0v) is 70.4. The Labute approximate surface area is 685 Å². The first-order valence-electron chi connectivity index (χ1n) is 40.7. The third-order valence-electron chi connectivity index (χ3n) is 24.1. The maximum absolute atomic E-state index is 18.1. The molecule has 21 nitrogen and oxygen atoms in total. The molecule has 8 saturated heterocycles. The fraction of sp³-hybridized carbons (Fsp3) is 0.478. The molecule has 0 aliphatic carbocycles. The summed E-state index contributed by atoms with van der Waals surface area (Å²) >= 11 is 0. The SMILES string of the molecule is CC(C)(C)[Si](C)(C)O[C@@H]1[C@H](O[C@H]2[C@@H](OCc3ccccc3)[C@@H]3OC(c4ccccc4)OC[C@H]3O[C@@H]2S(=O)[C@H]2O[C@@H]3COC(c4ccccc4)O[C@H]3[C@H](OCc3ccccc3)[C@@H]2O[C@@H]2O[C@@H]3COC(c4ccccc4)O[C@H]3[C@H](OCc3ccccc3)[C@@H]2O[Si](C)(C)C(C)(C)C)O[C@@H]2COC(c3ccccc3)O[C@H]2[C@@H]1OCc1ccccc1. The molecular weight excluding hydrogens is 1530 g/mol. The van der Waals surface area contributed by atoms with Crippen LogP contribution in [0.15, 0.2) is 243 Å². The fourth-order valence-corrected chi connectivity index (χ4v) is 20.0. The minimum atomic E-state index is -2.92. The molecule has 0 bridgehead atoms. The van der Waals surface area contributed by atoms with Crippen molar-refractivity contribution in [2.24, 2.45) is 0 Å². The maximum atomic E-state index is 18.1. The molecule has 8 aliphatic rings. The maximum Gasteiger partial charge on any atom is 0.192 e. The van der Waals surface area contributed by atoms with E-state index in [1.807, 2.05) is 243 Å². The molecule has 16 rings (SSSR count). The number of benzene rings is 8. The highest BCUT2D eigenvalue weighted by Crippen LogP contribution is 2.50. The molecule has 8 heterocycles. The molecule has 8 aromatic carbocycles. The van der Waals surface area contributed by atoms with Crippen LogP contribution in [0.5, 0.6) is 0 Å². The van der Waals surface area contributed by atoms with Crippen LogP contribution in [0.3, 0.4) is 0 Å². The van der Waals surface area contributed by atoms with E-state index in [1.54, 1.807) is 0 Å². The van der Waals surface area contributed by atoms with Gasteiger partial charge in [0.25, 0.3) is 0 Å². The van der Waals surface area contributed by atoms with E-state index in [0.29, 0.717) is 0 Å². The Kier molecular flexibility index (Phi) is 26.4. The predicted molar refractivity (Wildman–Crippen MR) is 437 cm³/mol. The lowest BCUT2D eigenvalue weighted by Gasteiger charge is -2.55. The zero-order valence-electron chi connectivity index (χ0n) is 67.6. The highest BCUT2D eigenvalue weighted by Gasteiger charge is 2.64. The van der Waals surface area contributed by atoms with Gasteiger partial charge in [0.1, 0.15) is 97.7 Å². The van der Waals surface area contributed by atoms with E-state index in [-0.39, 0.29) is 62.9 Å². The van der Waals surface area contributed by atoms with E-state index in [9.17, 15) is 0 Å². The van der Waals surface area contributed by atoms with Gasteiger partial charge in [-0.3, -0.25) is 4.21 Å². The lowest BCUT2D eigenvalue weighted by Crippen LogP contribution is -2.71.